The highest BCUT2D eigenvalue weighted by Crippen LogP contribution is 2.22. The van der Waals surface area contributed by atoms with E-state index in [-0.39, 0.29) is 0 Å². The van der Waals surface area contributed by atoms with Crippen LogP contribution < -0.4 is 5.43 Å². The van der Waals surface area contributed by atoms with Gasteiger partial charge in [-0.15, -0.1) is 0 Å². The Morgan fingerprint density at radius 3 is 2.45 bits per heavy atom. The lowest BCUT2D eigenvalue weighted by Crippen LogP contribution is -2.07. The summed E-state index contributed by atoms with van der Waals surface area (Å²) >= 11 is 0. The number of rotatable bonds is 6. The Labute approximate surface area is 132 Å². The van der Waals surface area contributed by atoms with E-state index in [9.17, 15) is 0 Å². The van der Waals surface area contributed by atoms with Gasteiger partial charge in [-0.25, -0.2) is 0 Å². The average Bonchev–Trinajstić information content (AvgIpc) is 3.09. The molecule has 0 aliphatic heterocycles. The van der Waals surface area contributed by atoms with E-state index in [0.717, 1.165) is 11.3 Å². The molecule has 2 aromatic rings. The molecule has 0 heterocycles. The zero-order chi connectivity index (χ0) is 15.0. The minimum Gasteiger partial charge on any atom is -0.374 e. The summed E-state index contributed by atoms with van der Waals surface area (Å²) < 4.78 is 5.92. The van der Waals surface area contributed by atoms with Crippen molar-refractivity contribution in [2.24, 2.45) is 5.10 Å². The van der Waals surface area contributed by atoms with Crippen molar-refractivity contribution in [3.05, 3.63) is 65.7 Å². The number of hydrazone groups is 1. The maximum Gasteiger partial charge on any atom is 0.0720 e. The van der Waals surface area contributed by atoms with Gasteiger partial charge in [0.1, 0.15) is 0 Å². The Kier molecular flexibility index (Phi) is 5.22. The lowest BCUT2D eigenvalue weighted by atomic mass is 10.1. The fourth-order valence-corrected chi connectivity index (χ4v) is 2.66. The standard InChI is InChI=1S/C19H22N2O/c1-2-6-18(7-3-1)21-20-14-16-10-12-17(13-11-16)15-22-19-8-4-5-9-19/h1-3,6-7,10-14,19,21H,4-5,8-9,15H2. The highest BCUT2D eigenvalue weighted by Gasteiger charge is 2.14. The monoisotopic (exact) mass is 294 g/mol. The maximum atomic E-state index is 5.92. The SMILES string of the molecule is C(=NNc1ccccc1)c1ccc(COC2CCCC2)cc1. The molecule has 0 radical (unpaired) electrons. The number of hydrogen-bond donors (Lipinski definition) is 1. The summed E-state index contributed by atoms with van der Waals surface area (Å²) in [5.74, 6) is 0. The van der Waals surface area contributed by atoms with Gasteiger partial charge in [-0.2, -0.15) is 5.10 Å². The van der Waals surface area contributed by atoms with E-state index in [1.165, 1.54) is 31.2 Å². The van der Waals surface area contributed by atoms with Crippen molar-refractivity contribution in [1.29, 1.82) is 0 Å². The molecule has 114 valence electrons. The van der Waals surface area contributed by atoms with Crippen LogP contribution >= 0.6 is 0 Å². The first-order chi connectivity index (χ1) is 10.9. The lowest BCUT2D eigenvalue weighted by Gasteiger charge is -2.10. The fourth-order valence-electron chi connectivity index (χ4n) is 2.66. The van der Waals surface area contributed by atoms with Gasteiger partial charge >= 0.3 is 0 Å². The first kappa shape index (κ1) is 14.8. The third-order valence-electron chi connectivity index (χ3n) is 3.95. The second-order valence-electron chi connectivity index (χ2n) is 5.70. The summed E-state index contributed by atoms with van der Waals surface area (Å²) in [6, 6.07) is 18.3. The first-order valence-corrected chi connectivity index (χ1v) is 7.95. The molecule has 0 amide bonds. The number of benzene rings is 2. The Bertz CT molecular complexity index is 587. The van der Waals surface area contributed by atoms with Gasteiger partial charge < -0.3 is 4.74 Å². The Morgan fingerprint density at radius 2 is 1.73 bits per heavy atom. The molecule has 1 saturated carbocycles. The highest BCUT2D eigenvalue weighted by atomic mass is 16.5. The summed E-state index contributed by atoms with van der Waals surface area (Å²) in [5, 5.41) is 4.24. The van der Waals surface area contributed by atoms with E-state index in [4.69, 9.17) is 4.74 Å². The topological polar surface area (TPSA) is 33.6 Å². The van der Waals surface area contributed by atoms with Crippen molar-refractivity contribution < 1.29 is 4.74 Å². The number of para-hydroxylation sites is 1. The Hall–Kier alpha value is -2.13. The molecule has 0 bridgehead atoms. The fraction of sp³-hybridized carbons (Fsp3) is 0.316. The predicted octanol–water partition coefficient (Wildman–Crippen LogP) is 4.59. The molecule has 22 heavy (non-hydrogen) atoms. The van der Waals surface area contributed by atoms with E-state index in [2.05, 4.69) is 34.8 Å². The van der Waals surface area contributed by atoms with Crippen molar-refractivity contribution >= 4 is 11.9 Å². The lowest BCUT2D eigenvalue weighted by molar-refractivity contribution is 0.0457. The number of hydrogen-bond acceptors (Lipinski definition) is 3. The van der Waals surface area contributed by atoms with Crippen LogP contribution in [-0.2, 0) is 11.3 Å². The van der Waals surface area contributed by atoms with Crippen LogP contribution in [0, 0.1) is 0 Å². The van der Waals surface area contributed by atoms with Crippen molar-refractivity contribution in [2.75, 3.05) is 5.43 Å². The van der Waals surface area contributed by atoms with Crippen molar-refractivity contribution in [2.45, 2.75) is 38.4 Å². The zero-order valence-electron chi connectivity index (χ0n) is 12.7. The molecule has 1 aliphatic rings. The normalized spacial score (nSPS) is 15.5. The van der Waals surface area contributed by atoms with Crippen LogP contribution in [0.3, 0.4) is 0 Å². The van der Waals surface area contributed by atoms with Gasteiger partial charge in [-0.05, 0) is 36.1 Å². The molecule has 0 unspecified atom stereocenters. The number of ether oxygens (including phenoxy) is 1. The van der Waals surface area contributed by atoms with Gasteiger partial charge in [0.2, 0.25) is 0 Å². The molecule has 2 aromatic carbocycles. The molecule has 1 N–H and O–H groups in total. The minimum absolute atomic E-state index is 0.469. The smallest absolute Gasteiger partial charge is 0.0720 e. The van der Waals surface area contributed by atoms with Crippen LogP contribution in [0.15, 0.2) is 59.7 Å². The van der Waals surface area contributed by atoms with Crippen LogP contribution in [0.25, 0.3) is 0 Å². The van der Waals surface area contributed by atoms with Crippen LogP contribution in [0.2, 0.25) is 0 Å². The molecule has 0 saturated heterocycles. The molecule has 0 atom stereocenters. The first-order valence-electron chi connectivity index (χ1n) is 7.95. The molecule has 3 nitrogen and oxygen atoms in total. The van der Waals surface area contributed by atoms with E-state index in [0.29, 0.717) is 12.7 Å². The Balaban J connectivity index is 1.48. The van der Waals surface area contributed by atoms with Gasteiger partial charge in [-0.3, -0.25) is 5.43 Å². The van der Waals surface area contributed by atoms with Crippen LogP contribution in [0.4, 0.5) is 5.69 Å². The average molecular weight is 294 g/mol. The molecular weight excluding hydrogens is 272 g/mol. The van der Waals surface area contributed by atoms with E-state index in [1.54, 1.807) is 0 Å². The number of nitrogens with one attached hydrogen (secondary N) is 1. The minimum atomic E-state index is 0.469. The largest absolute Gasteiger partial charge is 0.374 e. The highest BCUT2D eigenvalue weighted by molar-refractivity contribution is 5.80. The predicted molar refractivity (Wildman–Crippen MR) is 91.1 cm³/mol. The summed E-state index contributed by atoms with van der Waals surface area (Å²) in [6.45, 7) is 0.713. The van der Waals surface area contributed by atoms with Crippen LogP contribution in [-0.4, -0.2) is 12.3 Å². The van der Waals surface area contributed by atoms with Gasteiger partial charge in [0.15, 0.2) is 0 Å². The molecule has 0 aromatic heterocycles. The van der Waals surface area contributed by atoms with Gasteiger partial charge in [0.25, 0.3) is 0 Å². The zero-order valence-corrected chi connectivity index (χ0v) is 12.7. The van der Waals surface area contributed by atoms with E-state index >= 15 is 0 Å². The molecule has 1 aliphatic carbocycles. The number of anilines is 1. The third kappa shape index (κ3) is 4.43. The summed E-state index contributed by atoms with van der Waals surface area (Å²) in [5.41, 5.74) is 6.30. The molecule has 0 spiro atoms. The second-order valence-corrected chi connectivity index (χ2v) is 5.70. The summed E-state index contributed by atoms with van der Waals surface area (Å²) in [6.07, 6.45) is 7.36. The van der Waals surface area contributed by atoms with Crippen molar-refractivity contribution in [1.82, 2.24) is 0 Å². The van der Waals surface area contributed by atoms with Crippen molar-refractivity contribution in [3.63, 3.8) is 0 Å². The Morgan fingerprint density at radius 1 is 1.00 bits per heavy atom. The van der Waals surface area contributed by atoms with Crippen LogP contribution in [0.5, 0.6) is 0 Å². The summed E-state index contributed by atoms with van der Waals surface area (Å²) in [7, 11) is 0. The van der Waals surface area contributed by atoms with E-state index < -0.39 is 0 Å². The quantitative estimate of drug-likeness (QED) is 0.624. The summed E-state index contributed by atoms with van der Waals surface area (Å²) in [4.78, 5) is 0. The van der Waals surface area contributed by atoms with Gasteiger partial charge in [0, 0.05) is 0 Å². The maximum absolute atomic E-state index is 5.92. The van der Waals surface area contributed by atoms with Gasteiger partial charge in [0.05, 0.1) is 24.6 Å². The number of nitrogens with zero attached hydrogens (tertiary/aromatic N) is 1. The molecule has 3 heteroatoms. The van der Waals surface area contributed by atoms with E-state index in [1.807, 2.05) is 36.5 Å². The van der Waals surface area contributed by atoms with Crippen LogP contribution in [0.1, 0.15) is 36.8 Å². The van der Waals surface area contributed by atoms with Gasteiger partial charge in [-0.1, -0.05) is 55.3 Å². The second kappa shape index (κ2) is 7.76. The molecule has 3 rings (SSSR count). The third-order valence-corrected chi connectivity index (χ3v) is 3.95. The molecular formula is C19H22N2O. The molecule has 1 fully saturated rings. The van der Waals surface area contributed by atoms with Crippen molar-refractivity contribution in [3.8, 4) is 0 Å².